The van der Waals surface area contributed by atoms with E-state index in [4.69, 9.17) is 11.6 Å². The maximum absolute atomic E-state index is 11.5. The highest BCUT2D eigenvalue weighted by Gasteiger charge is 2.28. The van der Waals surface area contributed by atoms with Crippen molar-refractivity contribution in [2.24, 2.45) is 0 Å². The molecule has 2 fully saturated rings. The van der Waals surface area contributed by atoms with Gasteiger partial charge in [-0.05, 0) is 37.8 Å². The quantitative estimate of drug-likeness (QED) is 0.452. The lowest BCUT2D eigenvalue weighted by molar-refractivity contribution is 0.133. The average Bonchev–Trinajstić information content (AvgIpc) is 3.60. The predicted octanol–water partition coefficient (Wildman–Crippen LogP) is 3.42. The van der Waals surface area contributed by atoms with Crippen molar-refractivity contribution in [3.63, 3.8) is 0 Å². The van der Waals surface area contributed by atoms with Gasteiger partial charge in [-0.15, -0.1) is 5.10 Å². The van der Waals surface area contributed by atoms with Crippen LogP contribution in [-0.2, 0) is 0 Å². The molecule has 1 aliphatic carbocycles. The van der Waals surface area contributed by atoms with E-state index in [-0.39, 0.29) is 17.7 Å². The molecule has 0 radical (unpaired) electrons. The summed E-state index contributed by atoms with van der Waals surface area (Å²) in [6, 6.07) is 7.65. The van der Waals surface area contributed by atoms with Gasteiger partial charge in [0, 0.05) is 26.2 Å². The summed E-state index contributed by atoms with van der Waals surface area (Å²) in [7, 11) is 1.56. The lowest BCUT2D eigenvalue weighted by Crippen LogP contribution is -2.48. The lowest BCUT2D eigenvalue weighted by atomic mass is 10.0. The van der Waals surface area contributed by atoms with Gasteiger partial charge in [-0.25, -0.2) is 9.78 Å². The van der Waals surface area contributed by atoms with Crippen LogP contribution in [0, 0.1) is 22.7 Å². The zero-order chi connectivity index (χ0) is 25.4. The summed E-state index contributed by atoms with van der Waals surface area (Å²) in [5, 5.41) is 39.7. The number of anilines is 4. The number of carbonyl (C=O) groups is 1. The van der Waals surface area contributed by atoms with Crippen LogP contribution in [0.1, 0.15) is 36.9 Å². The van der Waals surface area contributed by atoms with Crippen LogP contribution in [0.25, 0.3) is 5.65 Å². The second-order valence-corrected chi connectivity index (χ2v) is 9.30. The maximum Gasteiger partial charge on any atom is 0.407 e. The summed E-state index contributed by atoms with van der Waals surface area (Å²) >= 11 is 6.81. The SMILES string of the molecule is CN(C(=O)O)[C@@H]1CCCN(c2cc(C#N)cc(Nc3nc(NC4CC4)c4ncc(C#N)n4n3)c2Cl)C1. The number of nitriles is 2. The molecule has 12 nitrogen and oxygen atoms in total. The Balaban J connectivity index is 1.50. The molecule has 1 aromatic carbocycles. The minimum absolute atomic E-state index is 0.185. The van der Waals surface area contributed by atoms with E-state index >= 15 is 0 Å². The molecule has 36 heavy (non-hydrogen) atoms. The van der Waals surface area contributed by atoms with Crippen LogP contribution >= 0.6 is 11.6 Å². The number of rotatable bonds is 6. The number of nitrogens with one attached hydrogen (secondary N) is 2. The van der Waals surface area contributed by atoms with Crippen LogP contribution in [0.3, 0.4) is 0 Å². The van der Waals surface area contributed by atoms with E-state index in [1.807, 2.05) is 4.90 Å². The molecule has 1 atom stereocenters. The van der Waals surface area contributed by atoms with Crippen LogP contribution in [0.5, 0.6) is 0 Å². The van der Waals surface area contributed by atoms with Crippen LogP contribution in [0.2, 0.25) is 5.02 Å². The second-order valence-electron chi connectivity index (χ2n) is 8.92. The van der Waals surface area contributed by atoms with Gasteiger partial charge in [0.25, 0.3) is 0 Å². The van der Waals surface area contributed by atoms with Gasteiger partial charge in [-0.1, -0.05) is 11.6 Å². The van der Waals surface area contributed by atoms with E-state index in [1.54, 1.807) is 19.2 Å². The van der Waals surface area contributed by atoms with E-state index in [2.05, 4.69) is 37.8 Å². The molecule has 0 bridgehead atoms. The third kappa shape index (κ3) is 4.51. The smallest absolute Gasteiger partial charge is 0.407 e. The van der Waals surface area contributed by atoms with Gasteiger partial charge >= 0.3 is 6.09 Å². The number of imidazole rings is 1. The number of hydrogen-bond acceptors (Lipinski definition) is 9. The summed E-state index contributed by atoms with van der Waals surface area (Å²) in [6.45, 7) is 1.13. The third-order valence-electron chi connectivity index (χ3n) is 6.41. The number of hydrogen-bond donors (Lipinski definition) is 3. The van der Waals surface area contributed by atoms with Crippen LogP contribution in [0.15, 0.2) is 18.3 Å². The Hall–Kier alpha value is -4.29. The molecular weight excluding hydrogens is 484 g/mol. The van der Waals surface area contributed by atoms with Crippen molar-refractivity contribution in [2.45, 2.75) is 37.8 Å². The number of amides is 1. The first-order chi connectivity index (χ1) is 17.4. The lowest BCUT2D eigenvalue weighted by Gasteiger charge is -2.38. The first kappa shape index (κ1) is 23.5. The molecule has 3 heterocycles. The molecule has 1 amide bonds. The topological polar surface area (TPSA) is 158 Å². The fourth-order valence-electron chi connectivity index (χ4n) is 4.29. The van der Waals surface area contributed by atoms with E-state index in [0.717, 1.165) is 25.7 Å². The molecule has 2 aromatic heterocycles. The molecular formula is C23H23ClN10O2. The highest BCUT2D eigenvalue weighted by molar-refractivity contribution is 6.36. The Kier molecular flexibility index (Phi) is 6.12. The second kappa shape index (κ2) is 9.40. The fraction of sp³-hybridized carbons (Fsp3) is 0.391. The maximum atomic E-state index is 11.5. The van der Waals surface area contributed by atoms with Crippen molar-refractivity contribution in [2.75, 3.05) is 35.7 Å². The van der Waals surface area contributed by atoms with Crippen LogP contribution in [-0.4, -0.2) is 67.9 Å². The molecule has 1 saturated carbocycles. The number of aromatic nitrogens is 4. The van der Waals surface area contributed by atoms with E-state index in [9.17, 15) is 20.4 Å². The van der Waals surface area contributed by atoms with Crippen molar-refractivity contribution < 1.29 is 9.90 Å². The highest BCUT2D eigenvalue weighted by Crippen LogP contribution is 2.37. The average molecular weight is 507 g/mol. The van der Waals surface area contributed by atoms with Crippen molar-refractivity contribution in [3.8, 4) is 12.1 Å². The first-order valence-corrected chi connectivity index (χ1v) is 11.9. The number of nitrogens with zero attached hydrogens (tertiary/aromatic N) is 8. The van der Waals surface area contributed by atoms with E-state index in [0.29, 0.717) is 52.6 Å². The summed E-state index contributed by atoms with van der Waals surface area (Å²) in [6.07, 6.45) is 4.03. The molecule has 0 unspecified atom stereocenters. The molecule has 5 rings (SSSR count). The number of fused-ring (bicyclic) bond motifs is 1. The molecule has 3 N–H and O–H groups in total. The molecule has 13 heteroatoms. The van der Waals surface area contributed by atoms with Gasteiger partial charge in [-0.3, -0.25) is 0 Å². The summed E-state index contributed by atoms with van der Waals surface area (Å²) in [4.78, 5) is 23.6. The zero-order valence-corrected chi connectivity index (χ0v) is 20.2. The Morgan fingerprint density at radius 3 is 2.78 bits per heavy atom. The number of halogens is 1. The summed E-state index contributed by atoms with van der Waals surface area (Å²) < 4.78 is 1.42. The van der Waals surface area contributed by atoms with Gasteiger partial charge in [-0.2, -0.15) is 20.0 Å². The predicted molar refractivity (Wildman–Crippen MR) is 133 cm³/mol. The van der Waals surface area contributed by atoms with Gasteiger partial charge in [0.1, 0.15) is 6.07 Å². The Bertz CT molecular complexity index is 1420. The minimum atomic E-state index is -0.986. The minimum Gasteiger partial charge on any atom is -0.465 e. The Morgan fingerprint density at radius 2 is 2.08 bits per heavy atom. The fourth-order valence-corrected chi connectivity index (χ4v) is 4.57. The summed E-state index contributed by atoms with van der Waals surface area (Å²) in [5.41, 5.74) is 2.13. The molecule has 1 saturated heterocycles. The van der Waals surface area contributed by atoms with Crippen molar-refractivity contribution in [1.82, 2.24) is 24.5 Å². The Labute approximate surface area is 211 Å². The summed E-state index contributed by atoms with van der Waals surface area (Å²) in [5.74, 6) is 0.685. The number of piperidine rings is 1. The standard InChI is InChI=1S/C23H23ClN10O2/c1-32(23(35)36)15-3-2-6-33(12-15)18-8-13(9-25)7-17(19(18)24)29-22-30-20(28-14-4-5-14)21-27-11-16(10-26)34(21)31-22/h7-8,11,14-15H,2-6,12H2,1H3,(H,35,36)(H2,28,29,30,31)/t15-/m1/s1. The van der Waals surface area contributed by atoms with Crippen molar-refractivity contribution in [1.29, 1.82) is 10.5 Å². The highest BCUT2D eigenvalue weighted by atomic mass is 35.5. The molecule has 0 spiro atoms. The molecule has 3 aromatic rings. The first-order valence-electron chi connectivity index (χ1n) is 11.5. The van der Waals surface area contributed by atoms with Gasteiger partial charge < -0.3 is 25.5 Å². The zero-order valence-electron chi connectivity index (χ0n) is 19.4. The Morgan fingerprint density at radius 1 is 1.28 bits per heavy atom. The number of benzene rings is 1. The normalized spacial score (nSPS) is 17.3. The van der Waals surface area contributed by atoms with Crippen molar-refractivity contribution in [3.05, 3.63) is 34.6 Å². The largest absolute Gasteiger partial charge is 0.465 e. The molecule has 1 aliphatic heterocycles. The number of likely N-dealkylation sites (N-methyl/N-ethyl adjacent to an activating group) is 1. The van der Waals surface area contributed by atoms with Gasteiger partial charge in [0.05, 0.1) is 40.3 Å². The van der Waals surface area contributed by atoms with Crippen LogP contribution in [0.4, 0.5) is 27.9 Å². The van der Waals surface area contributed by atoms with Crippen LogP contribution < -0.4 is 15.5 Å². The van der Waals surface area contributed by atoms with E-state index in [1.165, 1.54) is 15.6 Å². The molecule has 2 aliphatic rings. The third-order valence-corrected chi connectivity index (χ3v) is 6.81. The van der Waals surface area contributed by atoms with Gasteiger partial charge in [0.2, 0.25) is 5.95 Å². The van der Waals surface area contributed by atoms with E-state index < -0.39 is 6.09 Å². The monoisotopic (exact) mass is 506 g/mol. The number of carboxylic acid groups (broad SMARTS) is 1. The van der Waals surface area contributed by atoms with Crippen molar-refractivity contribution >= 4 is 46.5 Å². The van der Waals surface area contributed by atoms with Gasteiger partial charge in [0.15, 0.2) is 17.2 Å². The molecule has 184 valence electrons.